The molecule has 0 aliphatic carbocycles. The molecule has 0 saturated heterocycles. The zero-order valence-electron chi connectivity index (χ0n) is 12.2. The number of aromatic nitrogens is 2. The lowest BCUT2D eigenvalue weighted by Crippen LogP contribution is -2.11. The molecule has 0 saturated carbocycles. The monoisotopic (exact) mass is 379 g/mol. The van der Waals surface area contributed by atoms with Gasteiger partial charge in [-0.3, -0.25) is 10.1 Å². The highest BCUT2D eigenvalue weighted by molar-refractivity contribution is 8.00. The Balaban J connectivity index is 1.61. The Morgan fingerprint density at radius 3 is 2.83 bits per heavy atom. The fraction of sp³-hybridized carbons (Fsp3) is 0.0625. The normalized spacial score (nSPS) is 10.6. The maximum absolute atomic E-state index is 13.1. The van der Waals surface area contributed by atoms with E-state index in [9.17, 15) is 9.18 Å². The quantitative estimate of drug-likeness (QED) is 0.507. The number of halogens is 2. The SMILES string of the molecule is O=C(Nc1nnc(SCc2ccccc2Cl)s1)c1cccc(F)c1. The van der Waals surface area contributed by atoms with Crippen LogP contribution in [0.3, 0.4) is 0 Å². The average Bonchev–Trinajstić information content (AvgIpc) is 3.01. The molecule has 0 unspecified atom stereocenters. The molecular weight excluding hydrogens is 369 g/mol. The Bertz CT molecular complexity index is 872. The van der Waals surface area contributed by atoms with Gasteiger partial charge in [0, 0.05) is 16.3 Å². The topological polar surface area (TPSA) is 54.9 Å². The van der Waals surface area contributed by atoms with Crippen LogP contribution in [0.1, 0.15) is 15.9 Å². The number of anilines is 1. The van der Waals surface area contributed by atoms with Gasteiger partial charge in [0.05, 0.1) is 0 Å². The zero-order chi connectivity index (χ0) is 16.9. The number of carbonyl (C=O) groups is 1. The molecule has 0 aliphatic rings. The first-order chi connectivity index (χ1) is 11.6. The minimum absolute atomic E-state index is 0.232. The minimum atomic E-state index is -0.462. The maximum atomic E-state index is 13.1. The van der Waals surface area contributed by atoms with Crippen LogP contribution in [0, 0.1) is 5.82 Å². The van der Waals surface area contributed by atoms with Gasteiger partial charge < -0.3 is 0 Å². The Labute approximate surface area is 151 Å². The molecule has 0 bridgehead atoms. The number of nitrogens with zero attached hydrogens (tertiary/aromatic N) is 2. The molecule has 0 atom stereocenters. The molecule has 8 heteroatoms. The van der Waals surface area contributed by atoms with Gasteiger partial charge in [-0.1, -0.05) is 59.0 Å². The molecule has 1 amide bonds. The van der Waals surface area contributed by atoms with E-state index in [1.807, 2.05) is 24.3 Å². The first kappa shape index (κ1) is 16.9. The molecule has 2 aromatic carbocycles. The van der Waals surface area contributed by atoms with Crippen molar-refractivity contribution < 1.29 is 9.18 Å². The Kier molecular flexibility index (Phi) is 5.44. The summed E-state index contributed by atoms with van der Waals surface area (Å²) in [6, 6.07) is 13.1. The molecular formula is C16H11ClFN3OS2. The van der Waals surface area contributed by atoms with E-state index in [1.54, 1.807) is 0 Å². The van der Waals surface area contributed by atoms with Crippen LogP contribution in [0.4, 0.5) is 9.52 Å². The van der Waals surface area contributed by atoms with E-state index in [-0.39, 0.29) is 5.56 Å². The Morgan fingerprint density at radius 2 is 2.04 bits per heavy atom. The first-order valence-electron chi connectivity index (χ1n) is 6.88. The smallest absolute Gasteiger partial charge is 0.257 e. The van der Waals surface area contributed by atoms with Crippen molar-refractivity contribution in [3.8, 4) is 0 Å². The molecule has 0 fully saturated rings. The van der Waals surface area contributed by atoms with E-state index in [1.165, 1.54) is 47.4 Å². The molecule has 1 aromatic heterocycles. The second-order valence-electron chi connectivity index (χ2n) is 4.72. The van der Waals surface area contributed by atoms with Gasteiger partial charge in [0.1, 0.15) is 5.82 Å². The van der Waals surface area contributed by atoms with E-state index in [0.717, 1.165) is 5.56 Å². The van der Waals surface area contributed by atoms with Crippen LogP contribution in [0.25, 0.3) is 0 Å². The van der Waals surface area contributed by atoms with Gasteiger partial charge in [-0.15, -0.1) is 10.2 Å². The zero-order valence-corrected chi connectivity index (χ0v) is 14.6. The highest BCUT2D eigenvalue weighted by atomic mass is 35.5. The van der Waals surface area contributed by atoms with Crippen molar-refractivity contribution in [2.75, 3.05) is 5.32 Å². The van der Waals surface area contributed by atoms with Crippen LogP contribution in [0.15, 0.2) is 52.9 Å². The second kappa shape index (κ2) is 7.74. The fourth-order valence-corrected chi connectivity index (χ4v) is 3.91. The molecule has 1 N–H and O–H groups in total. The third-order valence-electron chi connectivity index (χ3n) is 3.02. The van der Waals surface area contributed by atoms with Crippen LogP contribution >= 0.6 is 34.7 Å². The van der Waals surface area contributed by atoms with E-state index < -0.39 is 11.7 Å². The molecule has 4 nitrogen and oxygen atoms in total. The van der Waals surface area contributed by atoms with E-state index in [0.29, 0.717) is 20.2 Å². The third-order valence-corrected chi connectivity index (χ3v) is 5.41. The van der Waals surface area contributed by atoms with Crippen LogP contribution in [-0.2, 0) is 5.75 Å². The summed E-state index contributed by atoms with van der Waals surface area (Å²) in [4.78, 5) is 12.0. The molecule has 3 rings (SSSR count). The molecule has 3 aromatic rings. The summed E-state index contributed by atoms with van der Waals surface area (Å²) in [6.07, 6.45) is 0. The minimum Gasteiger partial charge on any atom is -0.296 e. The molecule has 0 spiro atoms. The summed E-state index contributed by atoms with van der Waals surface area (Å²) in [5, 5.41) is 11.6. The van der Waals surface area contributed by atoms with Crippen LogP contribution in [-0.4, -0.2) is 16.1 Å². The summed E-state index contributed by atoms with van der Waals surface area (Å²) in [6.45, 7) is 0. The van der Waals surface area contributed by atoms with Crippen molar-refractivity contribution in [1.82, 2.24) is 10.2 Å². The number of rotatable bonds is 5. The summed E-state index contributed by atoms with van der Waals surface area (Å²) < 4.78 is 13.9. The number of thioether (sulfide) groups is 1. The average molecular weight is 380 g/mol. The van der Waals surface area contributed by atoms with Crippen LogP contribution in [0.2, 0.25) is 5.02 Å². The largest absolute Gasteiger partial charge is 0.296 e. The molecule has 1 heterocycles. The van der Waals surface area contributed by atoms with Crippen molar-refractivity contribution in [2.24, 2.45) is 0 Å². The highest BCUT2D eigenvalue weighted by Crippen LogP contribution is 2.30. The predicted octanol–water partition coefficient (Wildman–Crippen LogP) is 4.88. The Hall–Kier alpha value is -1.96. The maximum Gasteiger partial charge on any atom is 0.257 e. The lowest BCUT2D eigenvalue weighted by molar-refractivity contribution is 0.102. The number of amides is 1. The number of hydrogen-bond donors (Lipinski definition) is 1. The van der Waals surface area contributed by atoms with Crippen molar-refractivity contribution in [3.63, 3.8) is 0 Å². The third kappa shape index (κ3) is 4.31. The van der Waals surface area contributed by atoms with Crippen molar-refractivity contribution in [2.45, 2.75) is 10.1 Å². The number of hydrogen-bond acceptors (Lipinski definition) is 5. The van der Waals surface area contributed by atoms with Crippen molar-refractivity contribution in [1.29, 1.82) is 0 Å². The fourth-order valence-electron chi connectivity index (χ4n) is 1.87. The van der Waals surface area contributed by atoms with E-state index in [4.69, 9.17) is 11.6 Å². The highest BCUT2D eigenvalue weighted by Gasteiger charge is 2.11. The summed E-state index contributed by atoms with van der Waals surface area (Å²) in [5.74, 6) is -0.226. The van der Waals surface area contributed by atoms with Crippen molar-refractivity contribution >= 4 is 45.7 Å². The second-order valence-corrected chi connectivity index (χ2v) is 7.32. The summed E-state index contributed by atoms with van der Waals surface area (Å²) in [5.41, 5.74) is 1.24. The predicted molar refractivity (Wildman–Crippen MR) is 95.3 cm³/mol. The lowest BCUT2D eigenvalue weighted by atomic mass is 10.2. The molecule has 0 aliphatic heterocycles. The van der Waals surface area contributed by atoms with Gasteiger partial charge >= 0.3 is 0 Å². The van der Waals surface area contributed by atoms with Gasteiger partial charge in [-0.2, -0.15) is 0 Å². The van der Waals surface area contributed by atoms with Crippen LogP contribution < -0.4 is 5.32 Å². The number of nitrogens with one attached hydrogen (secondary N) is 1. The van der Waals surface area contributed by atoms with Gasteiger partial charge in [-0.05, 0) is 29.8 Å². The van der Waals surface area contributed by atoms with Crippen molar-refractivity contribution in [3.05, 3.63) is 70.5 Å². The standard InChI is InChI=1S/C16H11ClFN3OS2/c17-13-7-2-1-4-11(13)9-23-16-21-20-15(24-16)19-14(22)10-5-3-6-12(18)8-10/h1-8H,9H2,(H,19,20,22). The van der Waals surface area contributed by atoms with Gasteiger partial charge in [0.15, 0.2) is 4.34 Å². The molecule has 24 heavy (non-hydrogen) atoms. The van der Waals surface area contributed by atoms with Crippen LogP contribution in [0.5, 0.6) is 0 Å². The van der Waals surface area contributed by atoms with E-state index in [2.05, 4.69) is 15.5 Å². The van der Waals surface area contributed by atoms with Gasteiger partial charge in [0.2, 0.25) is 5.13 Å². The number of benzene rings is 2. The molecule has 122 valence electrons. The number of carbonyl (C=O) groups excluding carboxylic acids is 1. The Morgan fingerprint density at radius 1 is 1.21 bits per heavy atom. The van der Waals surface area contributed by atoms with Gasteiger partial charge in [-0.25, -0.2) is 4.39 Å². The van der Waals surface area contributed by atoms with E-state index >= 15 is 0 Å². The lowest BCUT2D eigenvalue weighted by Gasteiger charge is -2.01. The first-order valence-corrected chi connectivity index (χ1v) is 9.06. The van der Waals surface area contributed by atoms with Gasteiger partial charge in [0.25, 0.3) is 5.91 Å². The molecule has 0 radical (unpaired) electrons. The summed E-state index contributed by atoms with van der Waals surface area (Å²) in [7, 11) is 0. The summed E-state index contributed by atoms with van der Waals surface area (Å²) >= 11 is 8.85.